The van der Waals surface area contributed by atoms with Gasteiger partial charge in [0.2, 0.25) is 5.91 Å². The summed E-state index contributed by atoms with van der Waals surface area (Å²) >= 11 is 0. The minimum Gasteiger partial charge on any atom is -0.373 e. The van der Waals surface area contributed by atoms with E-state index in [0.717, 1.165) is 19.6 Å². The van der Waals surface area contributed by atoms with Gasteiger partial charge in [0.25, 0.3) is 5.91 Å². The van der Waals surface area contributed by atoms with E-state index in [-0.39, 0.29) is 30.1 Å². The Kier molecular flexibility index (Phi) is 6.17. The first-order valence-electron chi connectivity index (χ1n) is 9.86. The second-order valence-electron chi connectivity index (χ2n) is 7.96. The number of carbonyl (C=O) groups excluding carboxylic acids is 2. The third kappa shape index (κ3) is 4.87. The third-order valence-electron chi connectivity index (χ3n) is 5.44. The molecule has 0 radical (unpaired) electrons. The highest BCUT2D eigenvalue weighted by Crippen LogP contribution is 2.17. The van der Waals surface area contributed by atoms with Crippen LogP contribution in [-0.2, 0) is 16.1 Å². The Balaban J connectivity index is 1.60. The predicted molar refractivity (Wildman–Crippen MR) is 104 cm³/mol. The lowest BCUT2D eigenvalue weighted by molar-refractivity contribution is -0.131. The number of ether oxygens (including phenoxy) is 1. The van der Waals surface area contributed by atoms with Gasteiger partial charge in [-0.25, -0.2) is 0 Å². The van der Waals surface area contributed by atoms with Crippen molar-refractivity contribution in [3.05, 3.63) is 35.4 Å². The maximum Gasteiger partial charge on any atom is 0.254 e. The van der Waals surface area contributed by atoms with Gasteiger partial charge in [0.05, 0.1) is 12.2 Å². The summed E-state index contributed by atoms with van der Waals surface area (Å²) in [5, 5.41) is 0. The number of piperazine rings is 1. The first-order chi connectivity index (χ1) is 12.8. The number of rotatable bonds is 3. The van der Waals surface area contributed by atoms with Crippen molar-refractivity contribution in [1.82, 2.24) is 14.7 Å². The van der Waals surface area contributed by atoms with Crippen LogP contribution in [0.4, 0.5) is 0 Å². The van der Waals surface area contributed by atoms with Crippen molar-refractivity contribution in [2.45, 2.75) is 52.5 Å². The van der Waals surface area contributed by atoms with Crippen LogP contribution in [-0.4, -0.2) is 77.5 Å². The summed E-state index contributed by atoms with van der Waals surface area (Å²) in [6.45, 7) is 12.3. The maximum atomic E-state index is 12.9. The van der Waals surface area contributed by atoms with Crippen LogP contribution >= 0.6 is 0 Å². The van der Waals surface area contributed by atoms with Gasteiger partial charge in [-0.05, 0) is 38.5 Å². The number of morpholine rings is 1. The van der Waals surface area contributed by atoms with E-state index in [2.05, 4.69) is 30.9 Å². The van der Waals surface area contributed by atoms with Crippen molar-refractivity contribution in [1.29, 1.82) is 0 Å². The van der Waals surface area contributed by atoms with Gasteiger partial charge < -0.3 is 14.5 Å². The van der Waals surface area contributed by atoms with Crippen LogP contribution in [0, 0.1) is 0 Å². The fraction of sp³-hybridized carbons (Fsp3) is 0.619. The van der Waals surface area contributed by atoms with Gasteiger partial charge in [0.15, 0.2) is 0 Å². The Labute approximate surface area is 162 Å². The molecular weight excluding hydrogens is 342 g/mol. The number of amides is 2. The normalized spacial score (nSPS) is 26.9. The molecule has 0 saturated carbocycles. The predicted octanol–water partition coefficient (Wildman–Crippen LogP) is 1.99. The van der Waals surface area contributed by atoms with Gasteiger partial charge in [0.1, 0.15) is 0 Å². The zero-order valence-corrected chi connectivity index (χ0v) is 16.9. The largest absolute Gasteiger partial charge is 0.373 e. The lowest BCUT2D eigenvalue weighted by Crippen LogP contribution is -2.55. The number of nitrogens with zero attached hydrogens (tertiary/aromatic N) is 3. The highest BCUT2D eigenvalue weighted by atomic mass is 16.5. The topological polar surface area (TPSA) is 53.1 Å². The van der Waals surface area contributed by atoms with E-state index in [0.29, 0.717) is 25.2 Å². The Morgan fingerprint density at radius 3 is 2.19 bits per heavy atom. The quantitative estimate of drug-likeness (QED) is 0.813. The number of hydrogen-bond acceptors (Lipinski definition) is 4. The first-order valence-corrected chi connectivity index (χ1v) is 9.86. The van der Waals surface area contributed by atoms with Crippen LogP contribution in [0.25, 0.3) is 0 Å². The molecule has 2 heterocycles. The van der Waals surface area contributed by atoms with Crippen LogP contribution in [0.5, 0.6) is 0 Å². The summed E-state index contributed by atoms with van der Waals surface area (Å²) in [4.78, 5) is 30.5. The lowest BCUT2D eigenvalue weighted by Gasteiger charge is -2.39. The fourth-order valence-corrected chi connectivity index (χ4v) is 4.14. The van der Waals surface area contributed by atoms with Crippen LogP contribution in [0.2, 0.25) is 0 Å². The molecule has 6 heteroatoms. The second-order valence-corrected chi connectivity index (χ2v) is 7.96. The average Bonchev–Trinajstić information content (AvgIpc) is 2.60. The van der Waals surface area contributed by atoms with Crippen molar-refractivity contribution in [2.24, 2.45) is 0 Å². The van der Waals surface area contributed by atoms with Gasteiger partial charge in [0, 0.05) is 57.8 Å². The molecule has 2 aliphatic rings. The Bertz CT molecular complexity index is 666. The fourth-order valence-electron chi connectivity index (χ4n) is 4.14. The Hall–Kier alpha value is -1.92. The first kappa shape index (κ1) is 19.8. The standard InChI is InChI=1S/C21H31N3O3/c1-15-11-23(18(4)25)9-10-24(15)21(26)20-7-5-19(6-8-20)14-22-12-16(2)27-17(3)13-22/h5-8,15-17H,9-14H2,1-4H3/t15-,16+,17+/m1/s1. The summed E-state index contributed by atoms with van der Waals surface area (Å²) in [6.07, 6.45) is 0.509. The molecule has 1 aromatic carbocycles. The molecule has 3 atom stereocenters. The van der Waals surface area contributed by atoms with E-state index in [1.807, 2.05) is 28.9 Å². The van der Waals surface area contributed by atoms with Crippen LogP contribution in [0.1, 0.15) is 43.6 Å². The second kappa shape index (κ2) is 8.40. The van der Waals surface area contributed by atoms with Gasteiger partial charge in [-0.1, -0.05) is 12.1 Å². The zero-order chi connectivity index (χ0) is 19.6. The molecule has 0 N–H and O–H groups in total. The molecule has 2 amide bonds. The number of hydrogen-bond donors (Lipinski definition) is 0. The Morgan fingerprint density at radius 2 is 1.63 bits per heavy atom. The van der Waals surface area contributed by atoms with E-state index < -0.39 is 0 Å². The zero-order valence-electron chi connectivity index (χ0n) is 16.9. The average molecular weight is 373 g/mol. The van der Waals surface area contributed by atoms with Gasteiger partial charge >= 0.3 is 0 Å². The molecule has 6 nitrogen and oxygen atoms in total. The van der Waals surface area contributed by atoms with Crippen molar-refractivity contribution in [3.63, 3.8) is 0 Å². The highest BCUT2D eigenvalue weighted by Gasteiger charge is 2.29. The Morgan fingerprint density at radius 1 is 1.00 bits per heavy atom. The molecule has 27 heavy (non-hydrogen) atoms. The number of benzene rings is 1. The van der Waals surface area contributed by atoms with Crippen molar-refractivity contribution >= 4 is 11.8 Å². The third-order valence-corrected chi connectivity index (χ3v) is 5.44. The SMILES string of the molecule is CC(=O)N1CCN(C(=O)c2ccc(CN3C[C@H](C)O[C@@H](C)C3)cc2)[C@H](C)C1. The van der Waals surface area contributed by atoms with E-state index in [9.17, 15) is 9.59 Å². The van der Waals surface area contributed by atoms with E-state index in [4.69, 9.17) is 4.74 Å². The van der Waals surface area contributed by atoms with Gasteiger partial charge in [-0.15, -0.1) is 0 Å². The van der Waals surface area contributed by atoms with Crippen LogP contribution in [0.3, 0.4) is 0 Å². The molecule has 3 rings (SSSR count). The molecule has 1 aromatic rings. The van der Waals surface area contributed by atoms with E-state index in [1.165, 1.54) is 5.56 Å². The summed E-state index contributed by atoms with van der Waals surface area (Å²) in [5.74, 6) is 0.121. The van der Waals surface area contributed by atoms with Crippen molar-refractivity contribution in [2.75, 3.05) is 32.7 Å². The molecule has 2 saturated heterocycles. The molecule has 2 fully saturated rings. The monoisotopic (exact) mass is 373 g/mol. The minimum atomic E-state index is 0.0335. The summed E-state index contributed by atoms with van der Waals surface area (Å²) in [5.41, 5.74) is 1.92. The van der Waals surface area contributed by atoms with Crippen LogP contribution < -0.4 is 0 Å². The summed E-state index contributed by atoms with van der Waals surface area (Å²) in [6, 6.07) is 7.98. The molecule has 0 bridgehead atoms. The smallest absolute Gasteiger partial charge is 0.254 e. The van der Waals surface area contributed by atoms with Crippen molar-refractivity contribution in [3.8, 4) is 0 Å². The molecule has 0 aromatic heterocycles. The van der Waals surface area contributed by atoms with Crippen LogP contribution in [0.15, 0.2) is 24.3 Å². The molecule has 0 aliphatic carbocycles. The molecule has 0 unspecified atom stereocenters. The maximum absolute atomic E-state index is 12.9. The highest BCUT2D eigenvalue weighted by molar-refractivity contribution is 5.94. The summed E-state index contributed by atoms with van der Waals surface area (Å²) < 4.78 is 5.79. The van der Waals surface area contributed by atoms with Gasteiger partial charge in [-0.2, -0.15) is 0 Å². The molecular formula is C21H31N3O3. The molecule has 2 aliphatic heterocycles. The van der Waals surface area contributed by atoms with Crippen molar-refractivity contribution < 1.29 is 14.3 Å². The van der Waals surface area contributed by atoms with Gasteiger partial charge in [-0.3, -0.25) is 14.5 Å². The lowest BCUT2D eigenvalue weighted by atomic mass is 10.1. The van der Waals surface area contributed by atoms with E-state index in [1.54, 1.807) is 6.92 Å². The summed E-state index contributed by atoms with van der Waals surface area (Å²) in [7, 11) is 0. The minimum absolute atomic E-state index is 0.0335. The molecule has 0 spiro atoms. The molecule has 148 valence electrons. The van der Waals surface area contributed by atoms with E-state index >= 15 is 0 Å². The number of carbonyl (C=O) groups is 2.